The number of nitrogens with zero attached hydrogens (tertiary/aromatic N) is 2. The average molecular weight is 331 g/mol. The second kappa shape index (κ2) is 6.90. The van der Waals surface area contributed by atoms with Gasteiger partial charge in [-0.1, -0.05) is 0 Å². The first-order valence-electron chi connectivity index (χ1n) is 8.15. The number of likely N-dealkylation sites (tertiary alicyclic amines) is 1. The molecular weight excluding hydrogens is 310 g/mol. The van der Waals surface area contributed by atoms with Crippen LogP contribution in [-0.4, -0.2) is 49.0 Å². The van der Waals surface area contributed by atoms with E-state index in [4.69, 9.17) is 4.74 Å². The summed E-state index contributed by atoms with van der Waals surface area (Å²) in [5.41, 5.74) is 1.45. The van der Waals surface area contributed by atoms with E-state index in [0.29, 0.717) is 44.8 Å². The molecule has 3 rings (SSSR count). The highest BCUT2D eigenvalue weighted by molar-refractivity contribution is 5.94. The van der Waals surface area contributed by atoms with Gasteiger partial charge in [0.25, 0.3) is 0 Å². The zero-order chi connectivity index (χ0) is 17.1. The molecule has 2 aliphatic rings. The summed E-state index contributed by atoms with van der Waals surface area (Å²) in [7, 11) is 0. The van der Waals surface area contributed by atoms with E-state index < -0.39 is 0 Å². The number of rotatable bonds is 3. The third kappa shape index (κ3) is 3.50. The maximum Gasteiger partial charge on any atom is 0.414 e. The Bertz CT molecular complexity index is 636. The summed E-state index contributed by atoms with van der Waals surface area (Å²) in [5, 5.41) is 2.91. The van der Waals surface area contributed by atoms with Gasteiger partial charge in [-0.3, -0.25) is 14.5 Å². The highest BCUT2D eigenvalue weighted by Crippen LogP contribution is 2.23. The lowest BCUT2D eigenvalue weighted by Crippen LogP contribution is -2.40. The molecule has 7 nitrogen and oxygen atoms in total. The Labute approximate surface area is 140 Å². The number of benzene rings is 1. The summed E-state index contributed by atoms with van der Waals surface area (Å²) in [5.74, 6) is -0.0368. The van der Waals surface area contributed by atoms with Gasteiger partial charge in [-0.05, 0) is 37.1 Å². The van der Waals surface area contributed by atoms with Crippen molar-refractivity contribution in [3.8, 4) is 0 Å². The minimum absolute atomic E-state index is 0.0217. The van der Waals surface area contributed by atoms with E-state index in [2.05, 4.69) is 5.32 Å². The molecule has 24 heavy (non-hydrogen) atoms. The molecule has 7 heteroatoms. The molecule has 0 unspecified atom stereocenters. The quantitative estimate of drug-likeness (QED) is 0.916. The van der Waals surface area contributed by atoms with E-state index in [1.165, 1.54) is 0 Å². The van der Waals surface area contributed by atoms with E-state index in [9.17, 15) is 14.4 Å². The predicted molar refractivity (Wildman–Crippen MR) is 88.7 cm³/mol. The third-order valence-corrected chi connectivity index (χ3v) is 4.52. The molecular formula is C17H21N3O4. The van der Waals surface area contributed by atoms with E-state index in [-0.39, 0.29) is 23.8 Å². The summed E-state index contributed by atoms with van der Waals surface area (Å²) in [6.07, 6.45) is 1.02. The first-order chi connectivity index (χ1) is 11.5. The molecule has 128 valence electrons. The highest BCUT2D eigenvalue weighted by Gasteiger charge is 2.26. The maximum absolute atomic E-state index is 12.3. The van der Waals surface area contributed by atoms with Crippen LogP contribution in [0.4, 0.5) is 16.2 Å². The molecule has 1 N–H and O–H groups in total. The van der Waals surface area contributed by atoms with E-state index in [0.717, 1.165) is 5.69 Å². The zero-order valence-electron chi connectivity index (χ0n) is 13.7. The smallest absolute Gasteiger partial charge is 0.414 e. The van der Waals surface area contributed by atoms with Crippen LogP contribution in [0.3, 0.4) is 0 Å². The first-order valence-corrected chi connectivity index (χ1v) is 8.15. The fraction of sp³-hybridized carbons (Fsp3) is 0.471. The van der Waals surface area contributed by atoms with Crippen LogP contribution in [-0.2, 0) is 14.3 Å². The van der Waals surface area contributed by atoms with E-state index in [1.54, 1.807) is 41.0 Å². The molecule has 0 radical (unpaired) electrons. The molecule has 2 saturated heterocycles. The van der Waals surface area contributed by atoms with Crippen LogP contribution in [0.15, 0.2) is 24.3 Å². The minimum Gasteiger partial charge on any atom is -0.447 e. The van der Waals surface area contributed by atoms with Crippen molar-refractivity contribution in [3.05, 3.63) is 24.3 Å². The Kier molecular flexibility index (Phi) is 4.69. The van der Waals surface area contributed by atoms with Gasteiger partial charge in [0, 0.05) is 37.3 Å². The molecule has 1 aromatic rings. The topological polar surface area (TPSA) is 79.0 Å². The van der Waals surface area contributed by atoms with Crippen LogP contribution in [0.25, 0.3) is 0 Å². The van der Waals surface area contributed by atoms with Gasteiger partial charge < -0.3 is 15.0 Å². The molecule has 0 aromatic heterocycles. The Morgan fingerprint density at radius 3 is 2.33 bits per heavy atom. The summed E-state index contributed by atoms with van der Waals surface area (Å²) in [6.45, 7) is 3.75. The number of hydrogen-bond acceptors (Lipinski definition) is 4. The second-order valence-electron chi connectivity index (χ2n) is 6.08. The van der Waals surface area contributed by atoms with Crippen molar-refractivity contribution in [2.24, 2.45) is 5.92 Å². The van der Waals surface area contributed by atoms with Crippen molar-refractivity contribution in [1.82, 2.24) is 4.90 Å². The lowest BCUT2D eigenvalue weighted by molar-refractivity contribution is -0.132. The summed E-state index contributed by atoms with van der Waals surface area (Å²) >= 11 is 0. The maximum atomic E-state index is 12.3. The largest absolute Gasteiger partial charge is 0.447 e. The van der Waals surface area contributed by atoms with Crippen molar-refractivity contribution in [2.45, 2.75) is 19.8 Å². The molecule has 0 atom stereocenters. The van der Waals surface area contributed by atoms with Crippen LogP contribution in [0.5, 0.6) is 0 Å². The van der Waals surface area contributed by atoms with Gasteiger partial charge in [-0.25, -0.2) is 4.79 Å². The molecule has 2 aliphatic heterocycles. The van der Waals surface area contributed by atoms with Crippen LogP contribution < -0.4 is 10.2 Å². The van der Waals surface area contributed by atoms with Crippen molar-refractivity contribution in [3.63, 3.8) is 0 Å². The highest BCUT2D eigenvalue weighted by atomic mass is 16.6. The molecule has 0 saturated carbocycles. The zero-order valence-corrected chi connectivity index (χ0v) is 13.7. The molecule has 0 bridgehead atoms. The van der Waals surface area contributed by atoms with Gasteiger partial charge in [0.05, 0.1) is 6.54 Å². The number of piperidine rings is 1. The van der Waals surface area contributed by atoms with Gasteiger partial charge in [0.15, 0.2) is 0 Å². The van der Waals surface area contributed by atoms with Crippen molar-refractivity contribution in [2.75, 3.05) is 36.5 Å². The molecule has 3 amide bonds. The summed E-state index contributed by atoms with van der Waals surface area (Å²) in [6, 6.07) is 7.15. The van der Waals surface area contributed by atoms with Crippen LogP contribution in [0, 0.1) is 5.92 Å². The monoisotopic (exact) mass is 331 g/mol. The molecule has 1 aromatic carbocycles. The molecule has 0 spiro atoms. The van der Waals surface area contributed by atoms with E-state index in [1.807, 2.05) is 0 Å². The Hall–Kier alpha value is -2.57. The second-order valence-corrected chi connectivity index (χ2v) is 6.08. The fourth-order valence-electron chi connectivity index (χ4n) is 3.05. The van der Waals surface area contributed by atoms with Gasteiger partial charge in [-0.15, -0.1) is 0 Å². The van der Waals surface area contributed by atoms with Crippen molar-refractivity contribution in [1.29, 1.82) is 0 Å². The fourth-order valence-corrected chi connectivity index (χ4v) is 3.05. The lowest BCUT2D eigenvalue weighted by Gasteiger charge is -2.30. The van der Waals surface area contributed by atoms with Crippen molar-refractivity contribution >= 4 is 29.3 Å². The number of hydrogen-bond donors (Lipinski definition) is 1. The number of nitrogens with one attached hydrogen (secondary N) is 1. The number of ether oxygens (including phenoxy) is 1. The lowest BCUT2D eigenvalue weighted by atomic mass is 9.96. The summed E-state index contributed by atoms with van der Waals surface area (Å²) in [4.78, 5) is 38.5. The number of anilines is 2. The van der Waals surface area contributed by atoms with Gasteiger partial charge >= 0.3 is 6.09 Å². The van der Waals surface area contributed by atoms with E-state index >= 15 is 0 Å². The minimum atomic E-state index is -0.344. The van der Waals surface area contributed by atoms with Gasteiger partial charge in [0.2, 0.25) is 11.8 Å². The number of carbonyl (C=O) groups excluding carboxylic acids is 3. The number of carbonyl (C=O) groups is 3. The molecule has 2 heterocycles. The van der Waals surface area contributed by atoms with Crippen LogP contribution in [0.1, 0.15) is 19.8 Å². The molecule has 2 fully saturated rings. The number of amides is 3. The van der Waals surface area contributed by atoms with Crippen LogP contribution in [0.2, 0.25) is 0 Å². The van der Waals surface area contributed by atoms with Gasteiger partial charge in [0.1, 0.15) is 6.61 Å². The number of cyclic esters (lactones) is 1. The normalized spacial score (nSPS) is 18.5. The summed E-state index contributed by atoms with van der Waals surface area (Å²) < 4.78 is 4.91. The predicted octanol–water partition coefficient (Wildman–Crippen LogP) is 1.84. The van der Waals surface area contributed by atoms with Crippen LogP contribution >= 0.6 is 0 Å². The SMILES string of the molecule is CC(=O)N1CCC(C(=O)Nc2ccc(N3CCOC3=O)cc2)CC1. The Balaban J connectivity index is 1.55. The standard InChI is InChI=1S/C17H21N3O4/c1-12(21)19-8-6-13(7-9-19)16(22)18-14-2-4-15(5-3-14)20-10-11-24-17(20)23/h2-5,13H,6-11H2,1H3,(H,18,22). The van der Waals surface area contributed by atoms with Crippen molar-refractivity contribution < 1.29 is 19.1 Å². The Morgan fingerprint density at radius 2 is 1.79 bits per heavy atom. The Morgan fingerprint density at radius 1 is 1.12 bits per heavy atom. The molecule has 0 aliphatic carbocycles. The average Bonchev–Trinajstić information content (AvgIpc) is 3.01. The third-order valence-electron chi connectivity index (χ3n) is 4.52. The van der Waals surface area contributed by atoms with Gasteiger partial charge in [-0.2, -0.15) is 0 Å². The first kappa shape index (κ1) is 16.3.